The maximum absolute atomic E-state index is 12.0. The smallest absolute Gasteiger partial charge is 0.328 e. The number of hydrogen-bond donors (Lipinski definition) is 3. The maximum atomic E-state index is 12.0. The van der Waals surface area contributed by atoms with E-state index in [1.54, 1.807) is 4.90 Å². The number of nitrogens with zero attached hydrogens (tertiary/aromatic N) is 2. The van der Waals surface area contributed by atoms with E-state index in [0.717, 1.165) is 48.5 Å². The third kappa shape index (κ3) is 2.53. The minimum atomic E-state index is -0.347. The van der Waals surface area contributed by atoms with Gasteiger partial charge in [0.15, 0.2) is 0 Å². The number of piperazine rings is 1. The molecule has 7 heteroatoms. The molecule has 0 bridgehead atoms. The fourth-order valence-corrected chi connectivity index (χ4v) is 3.24. The number of fused-ring (bicyclic) bond motifs is 1. The zero-order valence-corrected chi connectivity index (χ0v) is 12.8. The van der Waals surface area contributed by atoms with Crippen LogP contribution in [0.4, 0.5) is 16.2 Å². The van der Waals surface area contributed by atoms with Gasteiger partial charge in [-0.25, -0.2) is 4.79 Å². The van der Waals surface area contributed by atoms with Gasteiger partial charge in [0, 0.05) is 61.9 Å². The molecule has 0 spiro atoms. The van der Waals surface area contributed by atoms with Gasteiger partial charge in [0.1, 0.15) is 0 Å². The first kappa shape index (κ1) is 14.1. The van der Waals surface area contributed by atoms with Gasteiger partial charge >= 0.3 is 6.03 Å². The molecule has 3 heterocycles. The van der Waals surface area contributed by atoms with E-state index in [4.69, 9.17) is 0 Å². The van der Waals surface area contributed by atoms with Crippen LogP contribution in [0.2, 0.25) is 0 Å². The van der Waals surface area contributed by atoms with Gasteiger partial charge in [-0.05, 0) is 18.2 Å². The quantitative estimate of drug-likeness (QED) is 0.773. The summed E-state index contributed by atoms with van der Waals surface area (Å²) in [5.74, 6) is -0.213. The van der Waals surface area contributed by atoms with Gasteiger partial charge in [-0.3, -0.25) is 15.0 Å². The lowest BCUT2D eigenvalue weighted by molar-refractivity contribution is -0.120. The summed E-state index contributed by atoms with van der Waals surface area (Å²) in [4.78, 5) is 30.6. The number of urea groups is 1. The minimum absolute atomic E-state index is 0.213. The Labute approximate surface area is 133 Å². The first-order valence-electron chi connectivity index (χ1n) is 7.90. The van der Waals surface area contributed by atoms with Crippen molar-refractivity contribution in [1.29, 1.82) is 0 Å². The Morgan fingerprint density at radius 2 is 1.87 bits per heavy atom. The molecule has 2 aliphatic rings. The Morgan fingerprint density at radius 3 is 2.65 bits per heavy atom. The second kappa shape index (κ2) is 5.58. The van der Waals surface area contributed by atoms with Crippen LogP contribution in [-0.4, -0.2) is 49.6 Å². The monoisotopic (exact) mass is 313 g/mol. The Bertz CT molecular complexity index is 763. The molecular weight excluding hydrogens is 294 g/mol. The Hall–Kier alpha value is -2.54. The van der Waals surface area contributed by atoms with Crippen LogP contribution in [-0.2, 0) is 4.79 Å². The van der Waals surface area contributed by atoms with Crippen LogP contribution in [0.3, 0.4) is 0 Å². The van der Waals surface area contributed by atoms with Crippen molar-refractivity contribution in [2.75, 3.05) is 42.5 Å². The standard InChI is InChI=1S/C16H19N5O2/c22-15-3-6-21(16(23)19-15)11-1-2-13-12(9-11)14(10-18-13)20-7-4-17-5-8-20/h1-2,9-10,17-18H,3-8H2,(H,19,22,23). The van der Waals surface area contributed by atoms with Gasteiger partial charge in [-0.15, -0.1) is 0 Å². The largest absolute Gasteiger partial charge is 0.367 e. The van der Waals surface area contributed by atoms with Crippen molar-refractivity contribution in [3.8, 4) is 0 Å². The molecule has 2 aliphatic heterocycles. The maximum Gasteiger partial charge on any atom is 0.328 e. The molecule has 2 fully saturated rings. The van der Waals surface area contributed by atoms with Crippen LogP contribution in [0, 0.1) is 0 Å². The molecule has 0 unspecified atom stereocenters. The summed E-state index contributed by atoms with van der Waals surface area (Å²) in [7, 11) is 0. The molecule has 23 heavy (non-hydrogen) atoms. The zero-order chi connectivity index (χ0) is 15.8. The predicted molar refractivity (Wildman–Crippen MR) is 88.9 cm³/mol. The molecule has 0 radical (unpaired) electrons. The van der Waals surface area contributed by atoms with Gasteiger partial charge < -0.3 is 15.2 Å². The van der Waals surface area contributed by atoms with Crippen molar-refractivity contribution in [1.82, 2.24) is 15.6 Å². The molecule has 1 aromatic carbocycles. The van der Waals surface area contributed by atoms with E-state index in [9.17, 15) is 9.59 Å². The van der Waals surface area contributed by atoms with Gasteiger partial charge in [-0.1, -0.05) is 0 Å². The lowest BCUT2D eigenvalue weighted by Crippen LogP contribution is -2.49. The van der Waals surface area contributed by atoms with Crippen LogP contribution < -0.4 is 20.4 Å². The Morgan fingerprint density at radius 1 is 1.04 bits per heavy atom. The predicted octanol–water partition coefficient (Wildman–Crippen LogP) is 1.02. The molecule has 2 saturated heterocycles. The third-order valence-electron chi connectivity index (χ3n) is 4.47. The minimum Gasteiger partial charge on any atom is -0.367 e. The van der Waals surface area contributed by atoms with Crippen molar-refractivity contribution in [3.05, 3.63) is 24.4 Å². The number of hydrogen-bond acceptors (Lipinski definition) is 4. The Balaban J connectivity index is 1.69. The topological polar surface area (TPSA) is 80.5 Å². The molecule has 1 aromatic heterocycles. The van der Waals surface area contributed by atoms with Gasteiger partial charge in [0.25, 0.3) is 0 Å². The summed E-state index contributed by atoms with van der Waals surface area (Å²) in [5.41, 5.74) is 3.03. The highest BCUT2D eigenvalue weighted by Gasteiger charge is 2.25. The second-order valence-corrected chi connectivity index (χ2v) is 5.90. The normalized spacial score (nSPS) is 19.3. The van der Waals surface area contributed by atoms with Crippen LogP contribution in [0.5, 0.6) is 0 Å². The van der Waals surface area contributed by atoms with Crippen LogP contribution in [0.15, 0.2) is 24.4 Å². The summed E-state index contributed by atoms with van der Waals surface area (Å²) in [6.45, 7) is 4.31. The SMILES string of the molecule is O=C1CCN(c2ccc3[nH]cc(N4CCNCC4)c3c2)C(=O)N1. The van der Waals surface area contributed by atoms with Crippen molar-refractivity contribution >= 4 is 34.2 Å². The van der Waals surface area contributed by atoms with E-state index in [-0.39, 0.29) is 11.9 Å². The molecule has 7 nitrogen and oxygen atoms in total. The van der Waals surface area contributed by atoms with Crippen LogP contribution >= 0.6 is 0 Å². The van der Waals surface area contributed by atoms with Gasteiger partial charge in [-0.2, -0.15) is 0 Å². The lowest BCUT2D eigenvalue weighted by Gasteiger charge is -2.29. The highest BCUT2D eigenvalue weighted by Crippen LogP contribution is 2.31. The molecule has 4 rings (SSSR count). The Kier molecular flexibility index (Phi) is 3.42. The highest BCUT2D eigenvalue weighted by molar-refractivity contribution is 6.07. The number of nitrogens with one attached hydrogen (secondary N) is 3. The number of benzene rings is 1. The van der Waals surface area contributed by atoms with Gasteiger partial charge in [0.2, 0.25) is 5.91 Å². The van der Waals surface area contributed by atoms with E-state index >= 15 is 0 Å². The van der Waals surface area contributed by atoms with E-state index < -0.39 is 0 Å². The molecular formula is C16H19N5O2. The average Bonchev–Trinajstić information content (AvgIpc) is 2.99. The fourth-order valence-electron chi connectivity index (χ4n) is 3.24. The number of carbonyl (C=O) groups is 2. The van der Waals surface area contributed by atoms with E-state index in [2.05, 4.69) is 20.5 Å². The molecule has 2 aromatic rings. The van der Waals surface area contributed by atoms with E-state index in [1.807, 2.05) is 24.4 Å². The summed E-state index contributed by atoms with van der Waals surface area (Å²) in [6.07, 6.45) is 2.36. The van der Waals surface area contributed by atoms with E-state index in [1.165, 1.54) is 0 Å². The molecule has 0 aliphatic carbocycles. The fraction of sp³-hybridized carbons (Fsp3) is 0.375. The summed E-state index contributed by atoms with van der Waals surface area (Å²) < 4.78 is 0. The summed E-state index contributed by atoms with van der Waals surface area (Å²) >= 11 is 0. The number of carbonyl (C=O) groups excluding carboxylic acids is 2. The average molecular weight is 313 g/mol. The number of imide groups is 1. The molecule has 3 amide bonds. The number of aromatic nitrogens is 1. The highest BCUT2D eigenvalue weighted by atomic mass is 16.2. The van der Waals surface area contributed by atoms with Gasteiger partial charge in [0.05, 0.1) is 5.69 Å². The zero-order valence-electron chi connectivity index (χ0n) is 12.8. The summed E-state index contributed by atoms with van der Waals surface area (Å²) in [5, 5.41) is 6.83. The third-order valence-corrected chi connectivity index (χ3v) is 4.47. The lowest BCUT2D eigenvalue weighted by atomic mass is 10.1. The molecule has 3 N–H and O–H groups in total. The number of H-pyrrole nitrogens is 1. The van der Waals surface area contributed by atoms with Crippen LogP contribution in [0.1, 0.15) is 6.42 Å². The van der Waals surface area contributed by atoms with Crippen molar-refractivity contribution in [2.24, 2.45) is 0 Å². The summed E-state index contributed by atoms with van der Waals surface area (Å²) in [6, 6.07) is 5.58. The number of anilines is 2. The number of amides is 3. The van der Waals surface area contributed by atoms with Crippen LogP contribution in [0.25, 0.3) is 10.9 Å². The van der Waals surface area contributed by atoms with Crippen molar-refractivity contribution in [3.63, 3.8) is 0 Å². The molecule has 120 valence electrons. The number of rotatable bonds is 2. The molecule has 0 saturated carbocycles. The molecule has 0 atom stereocenters. The van der Waals surface area contributed by atoms with E-state index in [0.29, 0.717) is 13.0 Å². The van der Waals surface area contributed by atoms with Crippen molar-refractivity contribution in [2.45, 2.75) is 6.42 Å². The first-order valence-corrected chi connectivity index (χ1v) is 7.90. The van der Waals surface area contributed by atoms with Crippen molar-refractivity contribution < 1.29 is 9.59 Å². The first-order chi connectivity index (χ1) is 11.2. The second-order valence-electron chi connectivity index (χ2n) is 5.90. The number of aromatic amines is 1.